The van der Waals surface area contributed by atoms with Gasteiger partial charge in [-0.15, -0.1) is 0 Å². The minimum atomic E-state index is 0.137. The zero-order chi connectivity index (χ0) is 13.0. The lowest BCUT2D eigenvalue weighted by Crippen LogP contribution is -2.22. The fourth-order valence-electron chi connectivity index (χ4n) is 1.51. The van der Waals surface area contributed by atoms with Crippen LogP contribution >= 0.6 is 11.7 Å². The van der Waals surface area contributed by atoms with Gasteiger partial charge in [-0.1, -0.05) is 0 Å². The van der Waals surface area contributed by atoms with Crippen molar-refractivity contribution in [3.8, 4) is 0 Å². The molecule has 0 saturated heterocycles. The number of nitrogens with zero attached hydrogens (tertiary/aromatic N) is 4. The van der Waals surface area contributed by atoms with E-state index in [-0.39, 0.29) is 5.91 Å². The number of amides is 1. The Balaban J connectivity index is 1.87. The Morgan fingerprint density at radius 1 is 1.44 bits per heavy atom. The highest BCUT2D eigenvalue weighted by molar-refractivity contribution is 7.00. The number of carbonyl (C=O) groups is 1. The van der Waals surface area contributed by atoms with Gasteiger partial charge in [0.15, 0.2) is 5.82 Å². The summed E-state index contributed by atoms with van der Waals surface area (Å²) < 4.78 is 8.34. The summed E-state index contributed by atoms with van der Waals surface area (Å²) in [5.41, 5.74) is 1.64. The van der Waals surface area contributed by atoms with Crippen LogP contribution in [-0.2, 0) is 4.79 Å². The van der Waals surface area contributed by atoms with Crippen molar-refractivity contribution in [2.24, 2.45) is 0 Å². The lowest BCUT2D eigenvalue weighted by atomic mass is 10.3. The van der Waals surface area contributed by atoms with Gasteiger partial charge in [0.2, 0.25) is 5.91 Å². The van der Waals surface area contributed by atoms with Crippen molar-refractivity contribution in [2.45, 2.75) is 12.8 Å². The quantitative estimate of drug-likeness (QED) is 0.827. The first-order valence-electron chi connectivity index (χ1n) is 5.70. The van der Waals surface area contributed by atoms with Crippen LogP contribution in [0.15, 0.2) is 12.3 Å². The molecule has 0 unspecified atom stereocenters. The van der Waals surface area contributed by atoms with Crippen LogP contribution in [-0.4, -0.2) is 45.2 Å². The van der Waals surface area contributed by atoms with E-state index in [1.54, 1.807) is 25.2 Å². The van der Waals surface area contributed by atoms with Crippen molar-refractivity contribution in [1.82, 2.24) is 18.6 Å². The number of hydrogen-bond donors (Lipinski definition) is 1. The number of fused-ring (bicyclic) bond motifs is 1. The van der Waals surface area contributed by atoms with Gasteiger partial charge in [-0.3, -0.25) is 4.79 Å². The van der Waals surface area contributed by atoms with E-state index in [4.69, 9.17) is 0 Å². The van der Waals surface area contributed by atoms with Crippen molar-refractivity contribution < 1.29 is 4.79 Å². The summed E-state index contributed by atoms with van der Waals surface area (Å²) in [4.78, 5) is 17.2. The van der Waals surface area contributed by atoms with Gasteiger partial charge in [0.1, 0.15) is 11.0 Å². The van der Waals surface area contributed by atoms with Crippen molar-refractivity contribution in [3.05, 3.63) is 12.3 Å². The van der Waals surface area contributed by atoms with E-state index in [1.807, 2.05) is 6.07 Å². The molecular formula is C11H15N5OS. The minimum Gasteiger partial charge on any atom is -0.368 e. The molecule has 0 spiro atoms. The van der Waals surface area contributed by atoms with E-state index in [0.29, 0.717) is 13.0 Å². The number of rotatable bonds is 5. The Morgan fingerprint density at radius 2 is 2.28 bits per heavy atom. The van der Waals surface area contributed by atoms with E-state index in [9.17, 15) is 4.79 Å². The molecule has 18 heavy (non-hydrogen) atoms. The predicted octanol–water partition coefficient (Wildman–Crippen LogP) is 1.37. The Hall–Kier alpha value is -1.76. The molecule has 0 saturated carbocycles. The monoisotopic (exact) mass is 265 g/mol. The molecule has 0 aliphatic carbocycles. The molecule has 0 fully saturated rings. The molecule has 2 heterocycles. The van der Waals surface area contributed by atoms with Crippen LogP contribution in [0.4, 0.5) is 5.82 Å². The van der Waals surface area contributed by atoms with Crippen LogP contribution in [0.3, 0.4) is 0 Å². The van der Waals surface area contributed by atoms with Crippen LogP contribution in [0.1, 0.15) is 12.8 Å². The number of carbonyl (C=O) groups excluding carboxylic acids is 1. The largest absolute Gasteiger partial charge is 0.368 e. The van der Waals surface area contributed by atoms with Gasteiger partial charge in [0, 0.05) is 33.3 Å². The number of aromatic nitrogens is 3. The highest BCUT2D eigenvalue weighted by atomic mass is 32.1. The molecule has 1 N–H and O–H groups in total. The topological polar surface area (TPSA) is 71.0 Å². The molecule has 0 radical (unpaired) electrons. The van der Waals surface area contributed by atoms with Crippen molar-refractivity contribution in [2.75, 3.05) is 26.0 Å². The molecule has 1 amide bonds. The molecule has 0 aromatic carbocycles. The molecular weight excluding hydrogens is 250 g/mol. The summed E-state index contributed by atoms with van der Waals surface area (Å²) in [6.07, 6.45) is 3.01. The standard InChI is InChI=1S/C11H15N5OS/c1-16(2)9(17)4-3-6-12-11-10-8(5-7-13-11)14-18-15-10/h5,7H,3-4,6H2,1-2H3,(H,12,13). The first-order valence-corrected chi connectivity index (χ1v) is 6.43. The van der Waals surface area contributed by atoms with Crippen molar-refractivity contribution >= 4 is 34.5 Å². The summed E-state index contributed by atoms with van der Waals surface area (Å²) in [6, 6.07) is 1.83. The molecule has 0 bridgehead atoms. The second-order valence-electron chi connectivity index (χ2n) is 4.11. The maximum Gasteiger partial charge on any atom is 0.222 e. The summed E-state index contributed by atoms with van der Waals surface area (Å²) in [6.45, 7) is 0.698. The zero-order valence-electron chi connectivity index (χ0n) is 10.4. The number of anilines is 1. The first-order chi connectivity index (χ1) is 8.68. The summed E-state index contributed by atoms with van der Waals surface area (Å²) >= 11 is 1.17. The van der Waals surface area contributed by atoms with Crippen LogP contribution in [0.2, 0.25) is 0 Å². The second-order valence-corrected chi connectivity index (χ2v) is 4.64. The van der Waals surface area contributed by atoms with Crippen molar-refractivity contribution in [1.29, 1.82) is 0 Å². The van der Waals surface area contributed by atoms with Gasteiger partial charge in [-0.05, 0) is 12.5 Å². The van der Waals surface area contributed by atoms with E-state index in [0.717, 1.165) is 23.3 Å². The van der Waals surface area contributed by atoms with Crippen molar-refractivity contribution in [3.63, 3.8) is 0 Å². The Bertz CT molecular complexity index is 539. The average Bonchev–Trinajstić information content (AvgIpc) is 2.83. The number of hydrogen-bond acceptors (Lipinski definition) is 6. The summed E-state index contributed by atoms with van der Waals surface area (Å²) in [5, 5.41) is 3.19. The predicted molar refractivity (Wildman–Crippen MR) is 71.6 cm³/mol. The smallest absolute Gasteiger partial charge is 0.222 e. The molecule has 2 aromatic heterocycles. The van der Waals surface area contributed by atoms with E-state index in [2.05, 4.69) is 19.0 Å². The number of nitrogens with one attached hydrogen (secondary N) is 1. The zero-order valence-corrected chi connectivity index (χ0v) is 11.2. The third-order valence-electron chi connectivity index (χ3n) is 2.53. The fraction of sp³-hybridized carbons (Fsp3) is 0.455. The molecule has 0 atom stereocenters. The average molecular weight is 265 g/mol. The second kappa shape index (κ2) is 5.72. The fourth-order valence-corrected chi connectivity index (χ4v) is 2.05. The molecule has 2 aromatic rings. The van der Waals surface area contributed by atoms with Gasteiger partial charge in [-0.25, -0.2) is 4.98 Å². The Labute approximate surface area is 109 Å². The highest BCUT2D eigenvalue weighted by Gasteiger charge is 2.06. The molecule has 7 heteroatoms. The third-order valence-corrected chi connectivity index (χ3v) is 3.08. The third kappa shape index (κ3) is 2.92. The molecule has 96 valence electrons. The van der Waals surface area contributed by atoms with Crippen LogP contribution in [0.5, 0.6) is 0 Å². The Kier molecular flexibility index (Phi) is 4.03. The molecule has 6 nitrogen and oxygen atoms in total. The summed E-state index contributed by atoms with van der Waals surface area (Å²) in [5.74, 6) is 0.872. The minimum absolute atomic E-state index is 0.137. The van der Waals surface area contributed by atoms with E-state index >= 15 is 0 Å². The van der Waals surface area contributed by atoms with Crippen LogP contribution in [0.25, 0.3) is 11.0 Å². The van der Waals surface area contributed by atoms with E-state index in [1.165, 1.54) is 11.7 Å². The highest BCUT2D eigenvalue weighted by Crippen LogP contribution is 2.18. The maximum absolute atomic E-state index is 11.4. The van der Waals surface area contributed by atoms with Gasteiger partial charge >= 0.3 is 0 Å². The van der Waals surface area contributed by atoms with Crippen LogP contribution in [0, 0.1) is 0 Å². The first kappa shape index (κ1) is 12.7. The van der Waals surface area contributed by atoms with Gasteiger partial charge < -0.3 is 10.2 Å². The van der Waals surface area contributed by atoms with E-state index < -0.39 is 0 Å². The summed E-state index contributed by atoms with van der Waals surface area (Å²) in [7, 11) is 3.53. The number of pyridine rings is 1. The normalized spacial score (nSPS) is 10.6. The molecule has 2 rings (SSSR count). The Morgan fingerprint density at radius 3 is 3.06 bits per heavy atom. The SMILES string of the molecule is CN(C)C(=O)CCCNc1nccc2nsnc12. The lowest BCUT2D eigenvalue weighted by Gasteiger charge is -2.10. The van der Waals surface area contributed by atoms with Gasteiger partial charge in [0.25, 0.3) is 0 Å². The van der Waals surface area contributed by atoms with Gasteiger partial charge in [-0.2, -0.15) is 8.75 Å². The molecule has 0 aliphatic heterocycles. The maximum atomic E-state index is 11.4. The van der Waals surface area contributed by atoms with Gasteiger partial charge in [0.05, 0.1) is 11.7 Å². The lowest BCUT2D eigenvalue weighted by molar-refractivity contribution is -0.128. The van der Waals surface area contributed by atoms with Crippen LogP contribution < -0.4 is 5.32 Å². The molecule has 0 aliphatic rings.